The summed E-state index contributed by atoms with van der Waals surface area (Å²) in [6, 6.07) is -1.94. The summed E-state index contributed by atoms with van der Waals surface area (Å²) in [4.78, 5) is 7.32. The van der Waals surface area contributed by atoms with Gasteiger partial charge in [-0.15, -0.1) is 0 Å². The van der Waals surface area contributed by atoms with Crippen molar-refractivity contribution in [3.63, 3.8) is 0 Å². The number of benzene rings is 1. The van der Waals surface area contributed by atoms with Crippen LogP contribution in [0.5, 0.6) is 0 Å². The molecule has 0 radical (unpaired) electrons. The van der Waals surface area contributed by atoms with Crippen molar-refractivity contribution in [2.75, 3.05) is 5.73 Å². The summed E-state index contributed by atoms with van der Waals surface area (Å²) in [7, 11) is 0. The summed E-state index contributed by atoms with van der Waals surface area (Å²) in [5.74, 6) is -0.344. The number of nitrogens with two attached hydrogens (primary N) is 1. The van der Waals surface area contributed by atoms with Crippen molar-refractivity contribution in [1.29, 1.82) is 0 Å². The van der Waals surface area contributed by atoms with E-state index in [0.29, 0.717) is 0 Å². The first kappa shape index (κ1) is 2.69. The third-order valence-electron chi connectivity index (χ3n) is 1.36. The van der Waals surface area contributed by atoms with E-state index in [4.69, 9.17) is 15.3 Å². The number of para-hydroxylation sites is 1. The Morgan fingerprint density at radius 1 is 1.42 bits per heavy atom. The van der Waals surface area contributed by atoms with E-state index in [2.05, 4.69) is 9.97 Å². The average Bonchev–Trinajstić information content (AvgIpc) is 2.31. The molecule has 2 rings (SSSR count). The first-order chi connectivity index (χ1) is 8.64. The Morgan fingerprint density at radius 3 is 3.08 bits per heavy atom. The van der Waals surface area contributed by atoms with Crippen LogP contribution in [0.4, 0.5) is 5.95 Å². The van der Waals surface area contributed by atoms with Crippen LogP contribution in [0.25, 0.3) is 10.9 Å². The quantitative estimate of drug-likeness (QED) is 0.645. The largest absolute Gasteiger partial charge is 0.368 e. The molecule has 0 aliphatic rings. The molecule has 3 nitrogen and oxygen atoms in total. The Morgan fingerprint density at radius 2 is 2.25 bits per heavy atom. The third-order valence-corrected chi connectivity index (χ3v) is 1.36. The molecule has 0 amide bonds. The molecule has 2 aromatic rings. The molecule has 0 aliphatic heterocycles. The molecule has 0 bridgehead atoms. The SMILES string of the molecule is [2H]c1c([2H])c([2H])c2c(C([2H])([2H])[2H])nc(N)nc2c1[2H]. The molecule has 1 heterocycles. The molecule has 60 valence electrons. The van der Waals surface area contributed by atoms with E-state index in [9.17, 15) is 0 Å². The van der Waals surface area contributed by atoms with Crippen molar-refractivity contribution in [3.8, 4) is 0 Å². The summed E-state index contributed by atoms with van der Waals surface area (Å²) < 4.78 is 52.7. The summed E-state index contributed by atoms with van der Waals surface area (Å²) >= 11 is 0. The molecule has 1 aromatic heterocycles. The minimum Gasteiger partial charge on any atom is -0.368 e. The van der Waals surface area contributed by atoms with Crippen LogP contribution in [0.1, 0.15) is 15.3 Å². The number of anilines is 1. The van der Waals surface area contributed by atoms with Crippen molar-refractivity contribution < 1.29 is 9.60 Å². The van der Waals surface area contributed by atoms with Gasteiger partial charge in [0.1, 0.15) is 0 Å². The molecule has 0 atom stereocenters. The van der Waals surface area contributed by atoms with Gasteiger partial charge in [-0.3, -0.25) is 0 Å². The van der Waals surface area contributed by atoms with Crippen LogP contribution in [0.3, 0.4) is 0 Å². The van der Waals surface area contributed by atoms with E-state index in [1.165, 1.54) is 0 Å². The first-order valence-electron chi connectivity index (χ1n) is 6.68. The molecule has 0 unspecified atom stereocenters. The highest BCUT2D eigenvalue weighted by molar-refractivity contribution is 5.81. The van der Waals surface area contributed by atoms with Crippen LogP contribution in [0.15, 0.2) is 24.2 Å². The molecular formula is C9H9N3. The monoisotopic (exact) mass is 166 g/mol. The molecule has 12 heavy (non-hydrogen) atoms. The van der Waals surface area contributed by atoms with Gasteiger partial charge < -0.3 is 5.73 Å². The van der Waals surface area contributed by atoms with Crippen molar-refractivity contribution >= 4 is 16.9 Å². The maximum absolute atomic E-state index is 7.76. The molecule has 0 spiro atoms. The van der Waals surface area contributed by atoms with E-state index in [1.54, 1.807) is 0 Å². The summed E-state index contributed by atoms with van der Waals surface area (Å²) in [6.07, 6.45) is 0. The number of hydrogen-bond acceptors (Lipinski definition) is 3. The van der Waals surface area contributed by atoms with Crippen molar-refractivity contribution in [2.24, 2.45) is 0 Å². The van der Waals surface area contributed by atoms with Gasteiger partial charge in [0.2, 0.25) is 5.95 Å². The lowest BCUT2D eigenvalue weighted by molar-refractivity contribution is 1.17. The molecular weight excluding hydrogens is 150 g/mol. The van der Waals surface area contributed by atoms with Gasteiger partial charge >= 0.3 is 0 Å². The number of fused-ring (bicyclic) bond motifs is 1. The van der Waals surface area contributed by atoms with E-state index in [1.807, 2.05) is 0 Å². The molecule has 0 aliphatic carbocycles. The maximum Gasteiger partial charge on any atom is 0.220 e. The van der Waals surface area contributed by atoms with E-state index in [0.717, 1.165) is 0 Å². The van der Waals surface area contributed by atoms with Gasteiger partial charge in [-0.2, -0.15) is 0 Å². The first-order valence-corrected chi connectivity index (χ1v) is 3.18. The van der Waals surface area contributed by atoms with Gasteiger partial charge in [0, 0.05) is 9.50 Å². The van der Waals surface area contributed by atoms with E-state index >= 15 is 0 Å². The van der Waals surface area contributed by atoms with Crippen LogP contribution < -0.4 is 5.73 Å². The fourth-order valence-corrected chi connectivity index (χ4v) is 0.871. The molecule has 3 heteroatoms. The molecule has 1 aromatic carbocycles. The number of hydrogen-bond donors (Lipinski definition) is 1. The van der Waals surface area contributed by atoms with Gasteiger partial charge in [-0.25, -0.2) is 9.97 Å². The third kappa shape index (κ3) is 0.993. The summed E-state index contributed by atoms with van der Waals surface area (Å²) in [6.45, 7) is -2.65. The van der Waals surface area contributed by atoms with Crippen molar-refractivity contribution in [3.05, 3.63) is 29.9 Å². The zero-order valence-electron chi connectivity index (χ0n) is 13.0. The van der Waals surface area contributed by atoms with Gasteiger partial charge in [0.15, 0.2) is 0 Å². The Bertz CT molecular complexity index is 680. The van der Waals surface area contributed by atoms with Gasteiger partial charge in [-0.1, -0.05) is 18.1 Å². The zero-order valence-corrected chi connectivity index (χ0v) is 5.97. The van der Waals surface area contributed by atoms with Crippen molar-refractivity contribution in [1.82, 2.24) is 9.97 Å². The average molecular weight is 166 g/mol. The Kier molecular flexibility index (Phi) is 0.548. The lowest BCUT2D eigenvalue weighted by Crippen LogP contribution is -1.97. The summed E-state index contributed by atoms with van der Waals surface area (Å²) in [5.41, 5.74) is 4.74. The second-order valence-electron chi connectivity index (χ2n) is 2.15. The Hall–Kier alpha value is -1.64. The van der Waals surface area contributed by atoms with Crippen LogP contribution >= 0.6 is 0 Å². The molecule has 2 N–H and O–H groups in total. The smallest absolute Gasteiger partial charge is 0.220 e. The van der Waals surface area contributed by atoms with E-state index in [-0.39, 0.29) is 16.9 Å². The van der Waals surface area contributed by atoms with Gasteiger partial charge in [-0.05, 0) is 12.9 Å². The molecule has 0 fully saturated rings. The number of aryl methyl sites for hydroxylation is 1. The van der Waals surface area contributed by atoms with Crippen LogP contribution in [-0.4, -0.2) is 9.97 Å². The fourth-order valence-electron chi connectivity index (χ4n) is 0.871. The maximum atomic E-state index is 7.76. The lowest BCUT2D eigenvalue weighted by Gasteiger charge is -2.00. The molecule has 0 saturated heterocycles. The minimum absolute atomic E-state index is 0.190. The zero-order chi connectivity index (χ0) is 14.5. The second kappa shape index (κ2) is 2.44. The highest BCUT2D eigenvalue weighted by Crippen LogP contribution is 2.14. The van der Waals surface area contributed by atoms with Crippen molar-refractivity contribution in [2.45, 2.75) is 6.85 Å². The normalized spacial score (nSPS) is 19.8. The van der Waals surface area contributed by atoms with Gasteiger partial charge in [0.05, 0.1) is 16.7 Å². The molecule has 0 saturated carbocycles. The van der Waals surface area contributed by atoms with E-state index < -0.39 is 36.7 Å². The number of nitrogens with zero attached hydrogens (tertiary/aromatic N) is 2. The Balaban J connectivity index is 3.08. The predicted molar refractivity (Wildman–Crippen MR) is 48.7 cm³/mol. The van der Waals surface area contributed by atoms with Crippen LogP contribution in [-0.2, 0) is 0 Å². The highest BCUT2D eigenvalue weighted by atomic mass is 15.0. The second-order valence-corrected chi connectivity index (χ2v) is 2.15. The topological polar surface area (TPSA) is 51.8 Å². The van der Waals surface area contributed by atoms with Gasteiger partial charge in [0.25, 0.3) is 0 Å². The van der Waals surface area contributed by atoms with Crippen LogP contribution in [0.2, 0.25) is 0 Å². The number of nitrogen functional groups attached to an aromatic ring is 1. The standard InChI is InChI=1S/C9H9N3/c1-6-7-4-2-3-5-8(7)12-9(10)11-6/h2-5H,1H3,(H2,10,11,12)/i1D3,2D,3D,4D,5D. The predicted octanol–water partition coefficient (Wildman–Crippen LogP) is 1.52. The number of rotatable bonds is 0. The minimum atomic E-state index is -2.65. The fraction of sp³-hybridized carbons (Fsp3) is 0.111. The lowest BCUT2D eigenvalue weighted by atomic mass is 10.2. The van der Waals surface area contributed by atoms with Crippen LogP contribution in [0, 0.1) is 6.85 Å². The number of aromatic nitrogens is 2. The summed E-state index contributed by atoms with van der Waals surface area (Å²) in [5, 5.41) is -0.222. The Labute approximate surface area is 80.1 Å². The highest BCUT2D eigenvalue weighted by Gasteiger charge is 1.99.